The van der Waals surface area contributed by atoms with Crippen LogP contribution < -0.4 is 5.32 Å². The molecule has 9 heteroatoms. The lowest BCUT2D eigenvalue weighted by Gasteiger charge is -2.30. The van der Waals surface area contributed by atoms with Crippen LogP contribution >= 0.6 is 0 Å². The van der Waals surface area contributed by atoms with Gasteiger partial charge in [-0.1, -0.05) is 42.4 Å². The van der Waals surface area contributed by atoms with E-state index in [0.29, 0.717) is 18.4 Å². The van der Waals surface area contributed by atoms with E-state index in [9.17, 15) is 17.6 Å². The van der Waals surface area contributed by atoms with Crippen molar-refractivity contribution in [3.63, 3.8) is 0 Å². The number of hydrogen-bond donors (Lipinski definition) is 1. The minimum Gasteiger partial charge on any atom is -0.355 e. The molecule has 1 aliphatic heterocycles. The number of halogens is 1. The van der Waals surface area contributed by atoms with Crippen LogP contribution in [0.1, 0.15) is 42.3 Å². The van der Waals surface area contributed by atoms with Crippen molar-refractivity contribution in [3.8, 4) is 0 Å². The van der Waals surface area contributed by atoms with E-state index in [4.69, 9.17) is 4.52 Å². The van der Waals surface area contributed by atoms with Gasteiger partial charge in [-0.2, -0.15) is 4.31 Å². The topological polar surface area (TPSA) is 92.5 Å². The summed E-state index contributed by atoms with van der Waals surface area (Å²) in [7, 11) is -3.91. The first-order chi connectivity index (χ1) is 16.8. The third kappa shape index (κ3) is 5.52. The lowest BCUT2D eigenvalue weighted by atomic mass is 9.97. The molecule has 35 heavy (non-hydrogen) atoms. The predicted molar refractivity (Wildman–Crippen MR) is 133 cm³/mol. The van der Waals surface area contributed by atoms with Gasteiger partial charge in [0.1, 0.15) is 11.5 Å². The first kappa shape index (κ1) is 24.8. The van der Waals surface area contributed by atoms with E-state index in [1.807, 2.05) is 24.3 Å². The smallest absolute Gasteiger partial charge is 0.248 e. The second kappa shape index (κ2) is 10.5. The zero-order chi connectivity index (χ0) is 25.0. The van der Waals surface area contributed by atoms with Crippen LogP contribution in [-0.4, -0.2) is 36.9 Å². The molecule has 4 rings (SSSR count). The number of rotatable bonds is 7. The maximum absolute atomic E-state index is 13.9. The Balaban J connectivity index is 1.45. The average molecular weight is 498 g/mol. The Morgan fingerprint density at radius 3 is 2.63 bits per heavy atom. The lowest BCUT2D eigenvalue weighted by molar-refractivity contribution is -0.120. The normalized spacial score (nSPS) is 15.5. The Morgan fingerprint density at radius 1 is 1.17 bits per heavy atom. The second-order valence-electron chi connectivity index (χ2n) is 8.54. The first-order valence-corrected chi connectivity index (χ1v) is 13.0. The van der Waals surface area contributed by atoms with E-state index in [1.165, 1.54) is 22.5 Å². The number of nitrogens with one attached hydrogen (secondary N) is 1. The third-order valence-corrected chi connectivity index (χ3v) is 8.24. The number of hydrogen-bond acceptors (Lipinski definition) is 5. The molecule has 0 atom stereocenters. The molecule has 0 bridgehead atoms. The second-order valence-corrected chi connectivity index (χ2v) is 10.4. The van der Waals surface area contributed by atoms with Gasteiger partial charge in [0, 0.05) is 30.3 Å². The Hall–Kier alpha value is -3.30. The van der Waals surface area contributed by atoms with Crippen molar-refractivity contribution in [1.82, 2.24) is 9.46 Å². The number of anilines is 1. The Bertz CT molecular complexity index is 1340. The SMILES string of the molecule is CCc1cccc(NC(=O)C2CCN(S(=O)(=O)c3c(C)noc3/C=C/c3ccccc3F)CC2)c1. The van der Waals surface area contributed by atoms with Gasteiger partial charge in [0.25, 0.3) is 0 Å². The molecule has 7 nitrogen and oxygen atoms in total. The fourth-order valence-corrected chi connectivity index (χ4v) is 5.90. The lowest BCUT2D eigenvalue weighted by Crippen LogP contribution is -2.41. The number of piperidine rings is 1. The van der Waals surface area contributed by atoms with Crippen molar-refractivity contribution < 1.29 is 22.1 Å². The van der Waals surface area contributed by atoms with Crippen LogP contribution in [0.4, 0.5) is 10.1 Å². The molecule has 1 saturated heterocycles. The van der Waals surface area contributed by atoms with Gasteiger partial charge in [0.15, 0.2) is 10.7 Å². The Kier molecular flexibility index (Phi) is 7.47. The summed E-state index contributed by atoms with van der Waals surface area (Å²) in [5.41, 5.74) is 2.42. The number of nitrogens with zero attached hydrogens (tertiary/aromatic N) is 2. The van der Waals surface area contributed by atoms with Crippen LogP contribution in [0, 0.1) is 18.7 Å². The Morgan fingerprint density at radius 2 is 1.91 bits per heavy atom. The van der Waals surface area contributed by atoms with Gasteiger partial charge in [-0.25, -0.2) is 12.8 Å². The van der Waals surface area contributed by atoms with E-state index in [-0.39, 0.29) is 41.3 Å². The highest BCUT2D eigenvalue weighted by atomic mass is 32.2. The van der Waals surface area contributed by atoms with E-state index >= 15 is 0 Å². The zero-order valence-electron chi connectivity index (χ0n) is 19.7. The molecule has 1 fully saturated rings. The van der Waals surface area contributed by atoms with Crippen LogP contribution in [0.5, 0.6) is 0 Å². The molecule has 1 aliphatic rings. The van der Waals surface area contributed by atoms with E-state index < -0.39 is 15.8 Å². The van der Waals surface area contributed by atoms with E-state index in [0.717, 1.165) is 17.7 Å². The molecule has 1 aromatic heterocycles. The van der Waals surface area contributed by atoms with Gasteiger partial charge in [-0.05, 0) is 62.1 Å². The van der Waals surface area contributed by atoms with Crippen molar-refractivity contribution in [1.29, 1.82) is 0 Å². The van der Waals surface area contributed by atoms with Crippen molar-refractivity contribution >= 4 is 33.8 Å². The summed E-state index contributed by atoms with van der Waals surface area (Å²) in [4.78, 5) is 12.7. The molecule has 3 aromatic rings. The van der Waals surface area contributed by atoms with Crippen LogP contribution in [0.15, 0.2) is 57.9 Å². The standard InChI is InChI=1S/C26H28FN3O4S/c1-3-19-7-6-9-22(17-19)28-26(31)21-13-15-30(16-14-21)35(32,33)25-18(2)29-34-24(25)12-11-20-8-4-5-10-23(20)27/h4-12,17,21H,3,13-16H2,1-2H3,(H,28,31)/b12-11+. The molecular weight excluding hydrogens is 469 g/mol. The quantitative estimate of drug-likeness (QED) is 0.502. The largest absolute Gasteiger partial charge is 0.355 e. The summed E-state index contributed by atoms with van der Waals surface area (Å²) in [5.74, 6) is -0.770. The molecule has 1 N–H and O–H groups in total. The van der Waals surface area contributed by atoms with Gasteiger partial charge in [-0.15, -0.1) is 0 Å². The molecule has 2 aromatic carbocycles. The van der Waals surface area contributed by atoms with Crippen molar-refractivity contribution in [2.24, 2.45) is 5.92 Å². The molecule has 2 heterocycles. The highest BCUT2D eigenvalue weighted by Gasteiger charge is 2.36. The summed E-state index contributed by atoms with van der Waals surface area (Å²) in [6.07, 6.45) is 4.56. The third-order valence-electron chi connectivity index (χ3n) is 6.18. The summed E-state index contributed by atoms with van der Waals surface area (Å²) >= 11 is 0. The van der Waals surface area contributed by atoms with E-state index in [2.05, 4.69) is 17.4 Å². The molecular formula is C26H28FN3O4S. The minimum absolute atomic E-state index is 0.0376. The maximum atomic E-state index is 13.9. The zero-order valence-corrected chi connectivity index (χ0v) is 20.5. The molecule has 0 unspecified atom stereocenters. The summed E-state index contributed by atoms with van der Waals surface area (Å²) in [5, 5.41) is 6.78. The molecule has 1 amide bonds. The summed E-state index contributed by atoms with van der Waals surface area (Å²) in [6, 6.07) is 13.9. The van der Waals surface area contributed by atoms with Crippen LogP contribution in [-0.2, 0) is 21.2 Å². The van der Waals surface area contributed by atoms with Crippen molar-refractivity contribution in [2.45, 2.75) is 38.0 Å². The first-order valence-electron chi connectivity index (χ1n) is 11.6. The van der Waals surface area contributed by atoms with Crippen molar-refractivity contribution in [2.75, 3.05) is 18.4 Å². The number of carbonyl (C=O) groups is 1. The van der Waals surface area contributed by atoms with Crippen molar-refractivity contribution in [3.05, 3.63) is 76.9 Å². The molecule has 0 saturated carbocycles. The number of amides is 1. The predicted octanol–water partition coefficient (Wildman–Crippen LogP) is 4.89. The number of carbonyl (C=O) groups excluding carboxylic acids is 1. The number of aromatic nitrogens is 1. The summed E-state index contributed by atoms with van der Waals surface area (Å²) < 4.78 is 47.4. The highest BCUT2D eigenvalue weighted by molar-refractivity contribution is 7.89. The monoisotopic (exact) mass is 497 g/mol. The number of sulfonamides is 1. The maximum Gasteiger partial charge on any atom is 0.248 e. The average Bonchev–Trinajstić information content (AvgIpc) is 3.24. The fraction of sp³-hybridized carbons (Fsp3) is 0.308. The Labute approximate surface area is 204 Å². The highest BCUT2D eigenvalue weighted by Crippen LogP contribution is 2.30. The van der Waals surface area contributed by atoms with Gasteiger partial charge < -0.3 is 9.84 Å². The number of benzene rings is 2. The van der Waals surface area contributed by atoms with Gasteiger partial charge >= 0.3 is 0 Å². The molecule has 0 aliphatic carbocycles. The molecule has 0 spiro atoms. The van der Waals surface area contributed by atoms with Gasteiger partial charge in [0.2, 0.25) is 15.9 Å². The van der Waals surface area contributed by atoms with E-state index in [1.54, 1.807) is 25.1 Å². The molecule has 184 valence electrons. The summed E-state index contributed by atoms with van der Waals surface area (Å²) in [6.45, 7) is 4.02. The fourth-order valence-electron chi connectivity index (χ4n) is 4.18. The van der Waals surface area contributed by atoms with Gasteiger partial charge in [0.05, 0.1) is 0 Å². The minimum atomic E-state index is -3.91. The van der Waals surface area contributed by atoms with Crippen LogP contribution in [0.3, 0.4) is 0 Å². The molecule has 0 radical (unpaired) electrons. The van der Waals surface area contributed by atoms with Crippen LogP contribution in [0.2, 0.25) is 0 Å². The number of aryl methyl sites for hydroxylation is 2. The van der Waals surface area contributed by atoms with Gasteiger partial charge in [-0.3, -0.25) is 4.79 Å². The van der Waals surface area contributed by atoms with Crippen LogP contribution in [0.25, 0.3) is 12.2 Å².